The number of carbonyl (C=O) groups excluding carboxylic acids is 1. The fourth-order valence-corrected chi connectivity index (χ4v) is 4.46. The first-order valence-corrected chi connectivity index (χ1v) is 14.1. The zero-order chi connectivity index (χ0) is 23.5. The smallest absolute Gasteiger partial charge is 0.303 e. The Labute approximate surface area is 199 Å². The van der Waals surface area contributed by atoms with Gasteiger partial charge in [0.05, 0.1) is 0 Å². The quantitative estimate of drug-likeness (QED) is 0.122. The first-order valence-electron chi connectivity index (χ1n) is 14.1. The number of carbonyl (C=O) groups is 2. The number of aliphatic carboxylic acids is 1. The van der Waals surface area contributed by atoms with Crippen LogP contribution in [0.5, 0.6) is 0 Å². The number of carboxylic acid groups (broad SMARTS) is 1. The Morgan fingerprint density at radius 2 is 0.562 bits per heavy atom. The van der Waals surface area contributed by atoms with Crippen LogP contribution in [0, 0.1) is 0 Å². The minimum Gasteiger partial charge on any atom is -0.481 e. The monoisotopic (exact) mass is 453 g/mol. The van der Waals surface area contributed by atoms with Crippen LogP contribution in [0.2, 0.25) is 0 Å². The van der Waals surface area contributed by atoms with E-state index in [0.29, 0.717) is 12.8 Å². The first-order chi connectivity index (χ1) is 15.6. The average molecular weight is 454 g/mol. The van der Waals surface area contributed by atoms with Crippen LogP contribution in [0.3, 0.4) is 0 Å². The maximum absolute atomic E-state index is 10.7. The highest BCUT2D eigenvalue weighted by Gasteiger charge is 1.98. The predicted octanol–water partition coefficient (Wildman–Crippen LogP) is 8.70. The van der Waals surface area contributed by atoms with Gasteiger partial charge in [0.15, 0.2) is 0 Å². The number of primary amides is 1. The van der Waals surface area contributed by atoms with Gasteiger partial charge in [0.25, 0.3) is 0 Å². The molecule has 3 N–H and O–H groups in total. The molecule has 0 aromatic heterocycles. The van der Waals surface area contributed by atoms with E-state index in [2.05, 4.69) is 0 Å². The maximum Gasteiger partial charge on any atom is 0.303 e. The van der Waals surface area contributed by atoms with Crippen molar-refractivity contribution < 1.29 is 14.7 Å². The highest BCUT2D eigenvalue weighted by Crippen LogP contribution is 2.15. The molecule has 0 atom stereocenters. The molecule has 0 aromatic carbocycles. The van der Waals surface area contributed by atoms with Gasteiger partial charge in [0.1, 0.15) is 0 Å². The number of unbranched alkanes of at least 4 members (excludes halogenated alkanes) is 23. The van der Waals surface area contributed by atoms with Crippen molar-refractivity contribution in [2.24, 2.45) is 5.73 Å². The molecule has 4 nitrogen and oxygen atoms in total. The van der Waals surface area contributed by atoms with Crippen molar-refractivity contribution in [3.05, 3.63) is 0 Å². The highest BCUT2D eigenvalue weighted by molar-refractivity contribution is 5.73. The van der Waals surface area contributed by atoms with E-state index in [-0.39, 0.29) is 5.91 Å². The average Bonchev–Trinajstić information content (AvgIpc) is 2.75. The second-order valence-electron chi connectivity index (χ2n) is 9.85. The number of carboxylic acids is 1. The summed E-state index contributed by atoms with van der Waals surface area (Å²) >= 11 is 0. The van der Waals surface area contributed by atoms with Crippen molar-refractivity contribution in [3.63, 3.8) is 0 Å². The topological polar surface area (TPSA) is 80.4 Å². The molecule has 0 aromatic rings. The summed E-state index contributed by atoms with van der Waals surface area (Å²) in [7, 11) is 0. The molecule has 0 spiro atoms. The summed E-state index contributed by atoms with van der Waals surface area (Å²) in [5.41, 5.74) is 5.15. The van der Waals surface area contributed by atoms with Gasteiger partial charge in [0, 0.05) is 12.8 Å². The van der Waals surface area contributed by atoms with E-state index < -0.39 is 5.97 Å². The highest BCUT2D eigenvalue weighted by atomic mass is 16.4. The molecule has 4 heteroatoms. The third-order valence-corrected chi connectivity index (χ3v) is 6.56. The second-order valence-corrected chi connectivity index (χ2v) is 9.85. The Hall–Kier alpha value is -1.06. The summed E-state index contributed by atoms with van der Waals surface area (Å²) in [5.74, 6) is -0.818. The number of rotatable bonds is 27. The largest absolute Gasteiger partial charge is 0.481 e. The maximum atomic E-state index is 10.7. The van der Waals surface area contributed by atoms with Gasteiger partial charge in [0.2, 0.25) is 5.91 Å². The molecule has 0 aliphatic rings. The summed E-state index contributed by atoms with van der Waals surface area (Å²) in [6, 6.07) is 0. The van der Waals surface area contributed by atoms with Gasteiger partial charge < -0.3 is 10.8 Å². The summed E-state index contributed by atoms with van der Waals surface area (Å²) in [4.78, 5) is 21.1. The molecule has 0 fully saturated rings. The fraction of sp³-hybridized carbons (Fsp3) is 0.929. The molecule has 0 saturated carbocycles. The number of hydrogen-bond acceptors (Lipinski definition) is 2. The van der Waals surface area contributed by atoms with E-state index in [4.69, 9.17) is 10.8 Å². The lowest BCUT2D eigenvalue weighted by molar-refractivity contribution is -0.137. The van der Waals surface area contributed by atoms with Crippen LogP contribution < -0.4 is 5.73 Å². The molecule has 0 aliphatic heterocycles. The minimum atomic E-state index is -0.658. The van der Waals surface area contributed by atoms with E-state index in [1.807, 2.05) is 0 Å². The van der Waals surface area contributed by atoms with Crippen molar-refractivity contribution in [2.45, 2.75) is 167 Å². The molecule has 0 radical (unpaired) electrons. The molecule has 0 bridgehead atoms. The molecule has 0 saturated heterocycles. The lowest BCUT2D eigenvalue weighted by Gasteiger charge is -2.04. The van der Waals surface area contributed by atoms with Gasteiger partial charge in [-0.05, 0) is 12.8 Å². The zero-order valence-electron chi connectivity index (χ0n) is 21.2. The molecule has 0 rings (SSSR count). The van der Waals surface area contributed by atoms with E-state index in [0.717, 1.165) is 25.7 Å². The van der Waals surface area contributed by atoms with E-state index in [9.17, 15) is 9.59 Å². The fourth-order valence-electron chi connectivity index (χ4n) is 4.46. The molecule has 0 aliphatic carbocycles. The predicted molar refractivity (Wildman–Crippen MR) is 137 cm³/mol. The Kier molecular flexibility index (Phi) is 25.3. The van der Waals surface area contributed by atoms with Gasteiger partial charge in [-0.25, -0.2) is 0 Å². The lowest BCUT2D eigenvalue weighted by atomic mass is 10.0. The second kappa shape index (κ2) is 26.2. The molecule has 0 unspecified atom stereocenters. The molecule has 190 valence electrons. The summed E-state index contributed by atoms with van der Waals surface area (Å²) in [6.07, 6.45) is 32.3. The van der Waals surface area contributed by atoms with Gasteiger partial charge in [-0.3, -0.25) is 9.59 Å². The van der Waals surface area contributed by atoms with Crippen LogP contribution in [0.1, 0.15) is 167 Å². The van der Waals surface area contributed by atoms with Crippen molar-refractivity contribution in [2.75, 3.05) is 0 Å². The minimum absolute atomic E-state index is 0.160. The van der Waals surface area contributed by atoms with Gasteiger partial charge >= 0.3 is 5.97 Å². The standard InChI is InChI=1S/C28H55NO3/c29-27(30)25-23-21-19-17-15-13-11-9-7-5-3-1-2-4-6-8-10-12-14-16-18-20-22-24-26-28(31)32/h1-26H2,(H2,29,30)(H,31,32). The van der Waals surface area contributed by atoms with Crippen LogP contribution in [-0.4, -0.2) is 17.0 Å². The van der Waals surface area contributed by atoms with E-state index in [1.165, 1.54) is 128 Å². The Morgan fingerprint density at radius 3 is 0.750 bits per heavy atom. The Balaban J connectivity index is 3.02. The third-order valence-electron chi connectivity index (χ3n) is 6.56. The van der Waals surface area contributed by atoms with Crippen LogP contribution in [-0.2, 0) is 9.59 Å². The van der Waals surface area contributed by atoms with Crippen LogP contribution in [0.25, 0.3) is 0 Å². The van der Waals surface area contributed by atoms with Gasteiger partial charge in [-0.2, -0.15) is 0 Å². The molecular weight excluding hydrogens is 398 g/mol. The number of amides is 1. The first kappa shape index (κ1) is 30.9. The zero-order valence-corrected chi connectivity index (χ0v) is 21.2. The molecule has 1 amide bonds. The van der Waals surface area contributed by atoms with Crippen molar-refractivity contribution in [1.29, 1.82) is 0 Å². The number of hydrogen-bond donors (Lipinski definition) is 2. The van der Waals surface area contributed by atoms with Gasteiger partial charge in [-0.15, -0.1) is 0 Å². The molecule has 0 heterocycles. The third kappa shape index (κ3) is 28.9. The van der Waals surface area contributed by atoms with Crippen LogP contribution in [0.15, 0.2) is 0 Å². The molecular formula is C28H55NO3. The van der Waals surface area contributed by atoms with Crippen LogP contribution >= 0.6 is 0 Å². The van der Waals surface area contributed by atoms with Crippen molar-refractivity contribution in [1.82, 2.24) is 0 Å². The van der Waals surface area contributed by atoms with Crippen molar-refractivity contribution in [3.8, 4) is 0 Å². The Bertz CT molecular complexity index is 373. The van der Waals surface area contributed by atoms with E-state index in [1.54, 1.807) is 0 Å². The van der Waals surface area contributed by atoms with E-state index >= 15 is 0 Å². The summed E-state index contributed by atoms with van der Waals surface area (Å²) in [6.45, 7) is 0. The summed E-state index contributed by atoms with van der Waals surface area (Å²) < 4.78 is 0. The lowest BCUT2D eigenvalue weighted by Crippen LogP contribution is -2.09. The van der Waals surface area contributed by atoms with Crippen LogP contribution in [0.4, 0.5) is 0 Å². The SMILES string of the molecule is NC(=O)CCCCCCCCCCCCCCCCCCCCCCCCCCC(=O)O. The Morgan fingerprint density at radius 1 is 0.375 bits per heavy atom. The number of nitrogens with two attached hydrogens (primary N) is 1. The van der Waals surface area contributed by atoms with Crippen molar-refractivity contribution >= 4 is 11.9 Å². The summed E-state index contributed by atoms with van der Waals surface area (Å²) in [5, 5.41) is 8.60. The molecule has 32 heavy (non-hydrogen) atoms. The van der Waals surface area contributed by atoms with Gasteiger partial charge in [-0.1, -0.05) is 141 Å². The normalized spacial score (nSPS) is 11.1.